The Hall–Kier alpha value is -3.10. The zero-order valence-electron chi connectivity index (χ0n) is 17.8. The van der Waals surface area contributed by atoms with Crippen molar-refractivity contribution in [1.82, 2.24) is 24.5 Å². The Morgan fingerprint density at radius 2 is 1.81 bits per heavy atom. The number of hydrogen-bond acceptors (Lipinski definition) is 3. The zero-order valence-corrected chi connectivity index (χ0v) is 17.8. The summed E-state index contributed by atoms with van der Waals surface area (Å²) in [5.41, 5.74) is 3.60. The van der Waals surface area contributed by atoms with Crippen molar-refractivity contribution in [3.63, 3.8) is 0 Å². The molecule has 1 aliphatic carbocycles. The molecule has 4 heterocycles. The molecule has 1 saturated heterocycles. The van der Waals surface area contributed by atoms with Gasteiger partial charge in [0.15, 0.2) is 17.5 Å². The number of aromatic nitrogens is 4. The van der Waals surface area contributed by atoms with Crippen LogP contribution in [0.2, 0.25) is 0 Å². The molecule has 2 bridgehead atoms. The molecular weight excluding hydrogens is 419 g/mol. The van der Waals surface area contributed by atoms with Gasteiger partial charge in [-0.3, -0.25) is 14.2 Å². The second-order valence-electron chi connectivity index (χ2n) is 9.06. The van der Waals surface area contributed by atoms with E-state index in [-0.39, 0.29) is 23.6 Å². The van der Waals surface area contributed by atoms with Crippen LogP contribution in [0.3, 0.4) is 0 Å². The smallest absolute Gasteiger partial charge is 0.258 e. The maximum Gasteiger partial charge on any atom is 0.258 e. The summed E-state index contributed by atoms with van der Waals surface area (Å²) >= 11 is 0. The molecule has 3 aliphatic rings. The standard InChI is InChI=1S/C23H22F3N5O/c1-29-21(11-3-4-11)15(10-27-29)23(32)31-12-5-8-17(31)20-14(9-12)22(30(2)28-20)13-6-7-16(24)19(26)18(13)25/h6-7,10-12,17H,3-5,8-9H2,1-2H3. The highest BCUT2D eigenvalue weighted by molar-refractivity contribution is 5.96. The first-order chi connectivity index (χ1) is 15.4. The SMILES string of the molecule is Cn1nc2c(c1-c1ccc(F)c(F)c1F)CC1CCC2N1C(=O)c1cnn(C)c1C1CC1. The number of halogens is 3. The molecule has 2 unspecified atom stereocenters. The van der Waals surface area contributed by atoms with Crippen LogP contribution in [0.4, 0.5) is 13.2 Å². The number of fused-ring (bicyclic) bond motifs is 4. The summed E-state index contributed by atoms with van der Waals surface area (Å²) in [5, 5.41) is 8.95. The summed E-state index contributed by atoms with van der Waals surface area (Å²) in [6.45, 7) is 0. The van der Waals surface area contributed by atoms with Crippen molar-refractivity contribution in [1.29, 1.82) is 0 Å². The van der Waals surface area contributed by atoms with Crippen LogP contribution in [-0.2, 0) is 20.5 Å². The molecule has 32 heavy (non-hydrogen) atoms. The van der Waals surface area contributed by atoms with Crippen LogP contribution in [0.25, 0.3) is 11.3 Å². The van der Waals surface area contributed by atoms with Crippen LogP contribution in [-0.4, -0.2) is 36.4 Å². The number of benzene rings is 1. The number of rotatable bonds is 3. The van der Waals surface area contributed by atoms with Crippen molar-refractivity contribution in [2.24, 2.45) is 14.1 Å². The van der Waals surface area contributed by atoms with Gasteiger partial charge in [0.2, 0.25) is 0 Å². The highest BCUT2D eigenvalue weighted by Gasteiger charge is 2.47. The zero-order chi connectivity index (χ0) is 22.3. The fraction of sp³-hybridized carbons (Fsp3) is 0.435. The van der Waals surface area contributed by atoms with Crippen LogP contribution in [0.5, 0.6) is 0 Å². The van der Waals surface area contributed by atoms with Gasteiger partial charge in [-0.25, -0.2) is 13.2 Å². The van der Waals surface area contributed by atoms with Crippen molar-refractivity contribution in [3.05, 3.63) is 58.3 Å². The molecule has 6 rings (SSSR count). The van der Waals surface area contributed by atoms with Gasteiger partial charge in [0, 0.05) is 37.2 Å². The lowest BCUT2D eigenvalue weighted by atomic mass is 9.93. The summed E-state index contributed by atoms with van der Waals surface area (Å²) in [6.07, 6.45) is 5.87. The minimum atomic E-state index is -1.49. The van der Waals surface area contributed by atoms with E-state index in [0.29, 0.717) is 29.3 Å². The van der Waals surface area contributed by atoms with Gasteiger partial charge in [0.1, 0.15) is 0 Å². The summed E-state index contributed by atoms with van der Waals surface area (Å²) in [7, 11) is 3.54. The maximum atomic E-state index is 14.6. The van der Waals surface area contributed by atoms with Crippen molar-refractivity contribution in [2.45, 2.75) is 50.1 Å². The lowest BCUT2D eigenvalue weighted by Gasteiger charge is -2.34. The average molecular weight is 441 g/mol. The fourth-order valence-electron chi connectivity index (χ4n) is 5.59. The molecule has 6 nitrogen and oxygen atoms in total. The van der Waals surface area contributed by atoms with Gasteiger partial charge in [-0.1, -0.05) is 0 Å². The van der Waals surface area contributed by atoms with Gasteiger partial charge in [0.25, 0.3) is 5.91 Å². The number of nitrogens with zero attached hydrogens (tertiary/aromatic N) is 5. The number of hydrogen-bond donors (Lipinski definition) is 0. The van der Waals surface area contributed by atoms with Crippen LogP contribution in [0, 0.1) is 17.5 Å². The molecule has 2 fully saturated rings. The second-order valence-corrected chi connectivity index (χ2v) is 9.06. The van der Waals surface area contributed by atoms with Gasteiger partial charge in [-0.15, -0.1) is 0 Å². The molecule has 3 aromatic rings. The Morgan fingerprint density at radius 1 is 1.03 bits per heavy atom. The van der Waals surface area contributed by atoms with Crippen molar-refractivity contribution in [3.8, 4) is 11.3 Å². The molecule has 2 aromatic heterocycles. The van der Waals surface area contributed by atoms with Crippen molar-refractivity contribution < 1.29 is 18.0 Å². The van der Waals surface area contributed by atoms with Gasteiger partial charge < -0.3 is 4.90 Å². The van der Waals surface area contributed by atoms with E-state index >= 15 is 0 Å². The Bertz CT molecular complexity index is 1280. The van der Waals surface area contributed by atoms with Crippen LogP contribution in [0.15, 0.2) is 18.3 Å². The molecule has 2 aliphatic heterocycles. The summed E-state index contributed by atoms with van der Waals surface area (Å²) in [5.74, 6) is -3.58. The van der Waals surface area contributed by atoms with E-state index in [1.54, 1.807) is 17.9 Å². The van der Waals surface area contributed by atoms with Crippen LogP contribution < -0.4 is 0 Å². The molecule has 0 spiro atoms. The second kappa shape index (κ2) is 6.70. The van der Waals surface area contributed by atoms with Gasteiger partial charge in [-0.05, 0) is 44.2 Å². The molecule has 2 atom stereocenters. The minimum absolute atomic E-state index is 0.0115. The summed E-state index contributed by atoms with van der Waals surface area (Å²) in [6, 6.07) is 1.91. The lowest BCUT2D eigenvalue weighted by molar-refractivity contribution is 0.0641. The van der Waals surface area contributed by atoms with Gasteiger partial charge in [0.05, 0.1) is 34.9 Å². The third-order valence-corrected chi connectivity index (χ3v) is 7.14. The molecule has 0 radical (unpaired) electrons. The third-order valence-electron chi connectivity index (χ3n) is 7.14. The summed E-state index contributed by atoms with van der Waals surface area (Å²) < 4.78 is 45.3. The Balaban J connectivity index is 1.42. The molecule has 166 valence electrons. The van der Waals surface area contributed by atoms with Crippen molar-refractivity contribution in [2.75, 3.05) is 0 Å². The predicted octanol–water partition coefficient (Wildman–Crippen LogP) is 4.02. The Kier molecular flexibility index (Phi) is 4.10. The molecule has 1 saturated carbocycles. The first-order valence-electron chi connectivity index (χ1n) is 10.9. The van der Waals surface area contributed by atoms with E-state index in [1.807, 2.05) is 11.9 Å². The number of amides is 1. The van der Waals surface area contributed by atoms with Gasteiger partial charge >= 0.3 is 0 Å². The molecule has 9 heteroatoms. The van der Waals surface area contributed by atoms with E-state index in [9.17, 15) is 18.0 Å². The van der Waals surface area contributed by atoms with E-state index in [1.165, 1.54) is 10.7 Å². The molecular formula is C23H22F3N5O. The molecule has 1 amide bonds. The monoisotopic (exact) mass is 441 g/mol. The largest absolute Gasteiger partial charge is 0.327 e. The van der Waals surface area contributed by atoms with E-state index in [0.717, 1.165) is 43.0 Å². The lowest BCUT2D eigenvalue weighted by Crippen LogP contribution is -2.42. The first-order valence-corrected chi connectivity index (χ1v) is 10.9. The number of aryl methyl sites for hydroxylation is 2. The molecule has 1 aromatic carbocycles. The summed E-state index contributed by atoms with van der Waals surface area (Å²) in [4.78, 5) is 15.5. The van der Waals surface area contributed by atoms with Gasteiger partial charge in [-0.2, -0.15) is 10.2 Å². The minimum Gasteiger partial charge on any atom is -0.327 e. The Morgan fingerprint density at radius 3 is 2.56 bits per heavy atom. The van der Waals surface area contributed by atoms with E-state index in [2.05, 4.69) is 10.2 Å². The average Bonchev–Trinajstić information content (AvgIpc) is 3.34. The first kappa shape index (κ1) is 19.6. The number of carbonyl (C=O) groups excluding carboxylic acids is 1. The molecule has 0 N–H and O–H groups in total. The topological polar surface area (TPSA) is 56.0 Å². The van der Waals surface area contributed by atoms with E-state index in [4.69, 9.17) is 0 Å². The number of carbonyl (C=O) groups is 1. The van der Waals surface area contributed by atoms with E-state index < -0.39 is 17.5 Å². The van der Waals surface area contributed by atoms with Crippen molar-refractivity contribution >= 4 is 5.91 Å². The van der Waals surface area contributed by atoms with Crippen LogP contribution >= 0.6 is 0 Å². The normalized spacial score (nSPS) is 21.8. The Labute approximate surface area is 182 Å². The quantitative estimate of drug-likeness (QED) is 0.577. The highest BCUT2D eigenvalue weighted by Crippen LogP contribution is 2.48. The third kappa shape index (κ3) is 2.63. The predicted molar refractivity (Wildman–Crippen MR) is 109 cm³/mol. The maximum absolute atomic E-state index is 14.6. The fourth-order valence-corrected chi connectivity index (χ4v) is 5.59. The highest BCUT2D eigenvalue weighted by atomic mass is 19.2. The van der Waals surface area contributed by atoms with Crippen LogP contribution in [0.1, 0.15) is 65.0 Å².